The standard InChI is InChI=1S/C13H26N4/c1-5-17-13(8-11(4)16-17)9-12(15-14)7-6-10(2)3/h8,10,12,15H,5-7,9,14H2,1-4H3. The molecule has 0 saturated heterocycles. The summed E-state index contributed by atoms with van der Waals surface area (Å²) in [6.07, 6.45) is 3.27. The van der Waals surface area contributed by atoms with Crippen LogP contribution >= 0.6 is 0 Å². The minimum Gasteiger partial charge on any atom is -0.271 e. The zero-order valence-corrected chi connectivity index (χ0v) is 11.5. The fourth-order valence-corrected chi connectivity index (χ4v) is 2.07. The predicted octanol–water partition coefficient (Wildman–Crippen LogP) is 2.02. The van der Waals surface area contributed by atoms with E-state index < -0.39 is 0 Å². The Morgan fingerprint density at radius 3 is 2.65 bits per heavy atom. The van der Waals surface area contributed by atoms with Crippen LogP contribution in [-0.4, -0.2) is 15.8 Å². The quantitative estimate of drug-likeness (QED) is 0.564. The molecular weight excluding hydrogens is 212 g/mol. The molecule has 0 fully saturated rings. The Hall–Kier alpha value is -0.870. The Morgan fingerprint density at radius 1 is 1.41 bits per heavy atom. The molecule has 0 radical (unpaired) electrons. The first kappa shape index (κ1) is 14.2. The van der Waals surface area contributed by atoms with E-state index in [1.165, 1.54) is 12.1 Å². The molecule has 4 heteroatoms. The van der Waals surface area contributed by atoms with Gasteiger partial charge in [0.1, 0.15) is 0 Å². The summed E-state index contributed by atoms with van der Waals surface area (Å²) in [6, 6.07) is 2.50. The van der Waals surface area contributed by atoms with Gasteiger partial charge in [0.15, 0.2) is 0 Å². The number of nitrogens with two attached hydrogens (primary N) is 1. The molecule has 1 unspecified atom stereocenters. The van der Waals surface area contributed by atoms with E-state index in [2.05, 4.69) is 42.0 Å². The van der Waals surface area contributed by atoms with Crippen molar-refractivity contribution >= 4 is 0 Å². The Labute approximate surface area is 105 Å². The van der Waals surface area contributed by atoms with Crippen LogP contribution in [0, 0.1) is 12.8 Å². The van der Waals surface area contributed by atoms with Crippen molar-refractivity contribution in [1.29, 1.82) is 0 Å². The van der Waals surface area contributed by atoms with Gasteiger partial charge in [0.2, 0.25) is 0 Å². The van der Waals surface area contributed by atoms with Gasteiger partial charge in [0, 0.05) is 24.7 Å². The highest BCUT2D eigenvalue weighted by molar-refractivity contribution is 5.10. The summed E-state index contributed by atoms with van der Waals surface area (Å²) in [4.78, 5) is 0. The number of hydrazine groups is 1. The van der Waals surface area contributed by atoms with Crippen LogP contribution in [0.5, 0.6) is 0 Å². The van der Waals surface area contributed by atoms with Gasteiger partial charge in [-0.3, -0.25) is 16.0 Å². The van der Waals surface area contributed by atoms with Gasteiger partial charge in [-0.2, -0.15) is 5.10 Å². The Kier molecular flexibility index (Phi) is 5.65. The van der Waals surface area contributed by atoms with E-state index in [4.69, 9.17) is 5.84 Å². The predicted molar refractivity (Wildman–Crippen MR) is 71.5 cm³/mol. The zero-order valence-electron chi connectivity index (χ0n) is 11.5. The second-order valence-corrected chi connectivity index (χ2v) is 5.13. The van der Waals surface area contributed by atoms with Crippen molar-refractivity contribution in [3.63, 3.8) is 0 Å². The Morgan fingerprint density at radius 2 is 2.12 bits per heavy atom. The molecule has 0 amide bonds. The van der Waals surface area contributed by atoms with E-state index in [-0.39, 0.29) is 0 Å². The van der Waals surface area contributed by atoms with E-state index >= 15 is 0 Å². The van der Waals surface area contributed by atoms with E-state index in [0.717, 1.165) is 31.0 Å². The van der Waals surface area contributed by atoms with Gasteiger partial charge in [-0.1, -0.05) is 13.8 Å². The van der Waals surface area contributed by atoms with Crippen LogP contribution in [0.25, 0.3) is 0 Å². The van der Waals surface area contributed by atoms with Crippen molar-refractivity contribution in [3.8, 4) is 0 Å². The fourth-order valence-electron chi connectivity index (χ4n) is 2.07. The van der Waals surface area contributed by atoms with Crippen LogP contribution in [0.4, 0.5) is 0 Å². The second kappa shape index (κ2) is 6.77. The van der Waals surface area contributed by atoms with Gasteiger partial charge in [0.05, 0.1) is 5.69 Å². The third kappa shape index (κ3) is 4.48. The largest absolute Gasteiger partial charge is 0.271 e. The SMILES string of the molecule is CCn1nc(C)cc1CC(CCC(C)C)NN. The van der Waals surface area contributed by atoms with Crippen LogP contribution in [0.15, 0.2) is 6.07 Å². The average molecular weight is 238 g/mol. The molecule has 3 N–H and O–H groups in total. The first-order valence-corrected chi connectivity index (χ1v) is 6.56. The highest BCUT2D eigenvalue weighted by Crippen LogP contribution is 2.12. The van der Waals surface area contributed by atoms with Crippen molar-refractivity contribution in [1.82, 2.24) is 15.2 Å². The summed E-state index contributed by atoms with van der Waals surface area (Å²) in [5, 5.41) is 4.46. The summed E-state index contributed by atoms with van der Waals surface area (Å²) in [5.74, 6) is 6.35. The minimum atomic E-state index is 0.346. The number of aromatic nitrogens is 2. The summed E-state index contributed by atoms with van der Waals surface area (Å²) in [5.41, 5.74) is 5.28. The molecule has 0 aliphatic rings. The molecule has 1 aromatic rings. The number of nitrogens with zero attached hydrogens (tertiary/aromatic N) is 2. The molecule has 0 saturated carbocycles. The van der Waals surface area contributed by atoms with Gasteiger partial charge in [-0.05, 0) is 38.7 Å². The van der Waals surface area contributed by atoms with Crippen molar-refractivity contribution in [2.45, 2.75) is 59.5 Å². The summed E-state index contributed by atoms with van der Waals surface area (Å²) < 4.78 is 2.06. The molecule has 1 aromatic heterocycles. The number of nitrogens with one attached hydrogen (secondary N) is 1. The lowest BCUT2D eigenvalue weighted by Crippen LogP contribution is -2.37. The average Bonchev–Trinajstić information content (AvgIpc) is 2.64. The zero-order chi connectivity index (χ0) is 12.8. The monoisotopic (exact) mass is 238 g/mol. The molecule has 0 spiro atoms. The van der Waals surface area contributed by atoms with Gasteiger partial charge in [-0.25, -0.2) is 0 Å². The van der Waals surface area contributed by atoms with E-state index in [9.17, 15) is 0 Å². The first-order chi connectivity index (χ1) is 8.06. The third-order valence-electron chi connectivity index (χ3n) is 3.07. The van der Waals surface area contributed by atoms with Crippen molar-refractivity contribution in [2.75, 3.05) is 0 Å². The van der Waals surface area contributed by atoms with E-state index in [0.29, 0.717) is 6.04 Å². The Balaban J connectivity index is 2.59. The second-order valence-electron chi connectivity index (χ2n) is 5.13. The maximum atomic E-state index is 5.63. The maximum Gasteiger partial charge on any atom is 0.0596 e. The molecule has 17 heavy (non-hydrogen) atoms. The molecule has 98 valence electrons. The summed E-state index contributed by atoms with van der Waals surface area (Å²) in [6.45, 7) is 9.57. The van der Waals surface area contributed by atoms with Gasteiger partial charge in [-0.15, -0.1) is 0 Å². The molecule has 0 bridgehead atoms. The highest BCUT2D eigenvalue weighted by Gasteiger charge is 2.12. The lowest BCUT2D eigenvalue weighted by atomic mass is 10.0. The third-order valence-corrected chi connectivity index (χ3v) is 3.07. The van der Waals surface area contributed by atoms with E-state index in [1.807, 2.05) is 6.92 Å². The molecular formula is C13H26N4. The summed E-state index contributed by atoms with van der Waals surface area (Å²) in [7, 11) is 0. The smallest absolute Gasteiger partial charge is 0.0596 e. The van der Waals surface area contributed by atoms with Gasteiger partial charge >= 0.3 is 0 Å². The minimum absolute atomic E-state index is 0.346. The lowest BCUT2D eigenvalue weighted by molar-refractivity contribution is 0.424. The maximum absolute atomic E-state index is 5.63. The molecule has 1 atom stereocenters. The van der Waals surface area contributed by atoms with Crippen LogP contribution in [0.3, 0.4) is 0 Å². The van der Waals surface area contributed by atoms with Crippen LogP contribution in [0.1, 0.15) is 45.0 Å². The molecule has 4 nitrogen and oxygen atoms in total. The van der Waals surface area contributed by atoms with Crippen LogP contribution in [-0.2, 0) is 13.0 Å². The lowest BCUT2D eigenvalue weighted by Gasteiger charge is -2.17. The first-order valence-electron chi connectivity index (χ1n) is 6.56. The fraction of sp³-hybridized carbons (Fsp3) is 0.769. The topological polar surface area (TPSA) is 55.9 Å². The molecule has 0 aromatic carbocycles. The number of hydrogen-bond acceptors (Lipinski definition) is 3. The number of rotatable bonds is 7. The number of aryl methyl sites for hydroxylation is 2. The van der Waals surface area contributed by atoms with Crippen molar-refractivity contribution in [2.24, 2.45) is 11.8 Å². The van der Waals surface area contributed by atoms with Gasteiger partial charge < -0.3 is 0 Å². The van der Waals surface area contributed by atoms with Crippen molar-refractivity contribution in [3.05, 3.63) is 17.5 Å². The normalized spacial score (nSPS) is 13.3. The number of hydrogen-bond donors (Lipinski definition) is 2. The molecule has 1 heterocycles. The van der Waals surface area contributed by atoms with E-state index in [1.54, 1.807) is 0 Å². The molecule has 1 rings (SSSR count). The highest BCUT2D eigenvalue weighted by atomic mass is 15.3. The van der Waals surface area contributed by atoms with Crippen molar-refractivity contribution < 1.29 is 0 Å². The molecule has 0 aliphatic carbocycles. The summed E-state index contributed by atoms with van der Waals surface area (Å²) >= 11 is 0. The van der Waals surface area contributed by atoms with Crippen LogP contribution in [0.2, 0.25) is 0 Å². The molecule has 0 aliphatic heterocycles. The van der Waals surface area contributed by atoms with Crippen LogP contribution < -0.4 is 11.3 Å². The Bertz CT molecular complexity index is 330. The van der Waals surface area contributed by atoms with Gasteiger partial charge in [0.25, 0.3) is 0 Å².